The number of aromatic nitrogens is 2. The second kappa shape index (κ2) is 4.47. The average Bonchev–Trinajstić information content (AvgIpc) is 2.99. The van der Waals surface area contributed by atoms with E-state index >= 15 is 0 Å². The van der Waals surface area contributed by atoms with Gasteiger partial charge in [0.1, 0.15) is 0 Å². The molecule has 2 heterocycles. The molecule has 90 valence electrons. The number of nitrogens with one attached hydrogen (secondary N) is 3. The highest BCUT2D eigenvalue weighted by atomic mass is 15.0. The van der Waals surface area contributed by atoms with Gasteiger partial charge in [-0.2, -0.15) is 0 Å². The van der Waals surface area contributed by atoms with E-state index in [2.05, 4.69) is 38.8 Å². The molecular formula is C13H18N4. The molecule has 2 unspecified atom stereocenters. The fraction of sp³-hybridized carbons (Fsp3) is 0.462. The molecule has 1 aromatic heterocycles. The SMILES string of the molecule is CNC(c1ccc2nc[nH]c2c1)C1CCNC1. The maximum absolute atomic E-state index is 4.25. The van der Waals surface area contributed by atoms with Crippen LogP contribution in [0.25, 0.3) is 11.0 Å². The first kappa shape index (κ1) is 10.7. The minimum atomic E-state index is 0.428. The Morgan fingerprint density at radius 3 is 3.18 bits per heavy atom. The van der Waals surface area contributed by atoms with Crippen molar-refractivity contribution in [1.29, 1.82) is 0 Å². The summed E-state index contributed by atoms with van der Waals surface area (Å²) in [5.41, 5.74) is 3.50. The van der Waals surface area contributed by atoms with E-state index < -0.39 is 0 Å². The number of fused-ring (bicyclic) bond motifs is 1. The summed E-state index contributed by atoms with van der Waals surface area (Å²) in [5.74, 6) is 0.681. The molecule has 1 saturated heterocycles. The van der Waals surface area contributed by atoms with Crippen molar-refractivity contribution in [1.82, 2.24) is 20.6 Å². The van der Waals surface area contributed by atoms with Crippen LogP contribution in [0.4, 0.5) is 0 Å². The van der Waals surface area contributed by atoms with Crippen molar-refractivity contribution >= 4 is 11.0 Å². The van der Waals surface area contributed by atoms with Gasteiger partial charge in [-0.3, -0.25) is 0 Å². The molecular weight excluding hydrogens is 212 g/mol. The van der Waals surface area contributed by atoms with Crippen molar-refractivity contribution in [2.45, 2.75) is 12.5 Å². The van der Waals surface area contributed by atoms with Crippen molar-refractivity contribution in [2.75, 3.05) is 20.1 Å². The van der Waals surface area contributed by atoms with Gasteiger partial charge < -0.3 is 15.6 Å². The van der Waals surface area contributed by atoms with Crippen LogP contribution in [0.15, 0.2) is 24.5 Å². The molecule has 1 aliphatic heterocycles. The Kier molecular flexibility index (Phi) is 2.82. The quantitative estimate of drug-likeness (QED) is 0.747. The van der Waals surface area contributed by atoms with Gasteiger partial charge in [0.2, 0.25) is 0 Å². The summed E-state index contributed by atoms with van der Waals surface area (Å²) >= 11 is 0. The third-order valence-electron chi connectivity index (χ3n) is 3.68. The molecule has 4 nitrogen and oxygen atoms in total. The Labute approximate surface area is 101 Å². The van der Waals surface area contributed by atoms with Gasteiger partial charge in [0.15, 0.2) is 0 Å². The number of rotatable bonds is 3. The maximum Gasteiger partial charge on any atom is 0.0931 e. The van der Waals surface area contributed by atoms with Crippen LogP contribution < -0.4 is 10.6 Å². The normalized spacial score (nSPS) is 22.1. The molecule has 0 amide bonds. The largest absolute Gasteiger partial charge is 0.345 e. The van der Waals surface area contributed by atoms with Gasteiger partial charge in [0.25, 0.3) is 0 Å². The summed E-state index contributed by atoms with van der Waals surface area (Å²) < 4.78 is 0. The van der Waals surface area contributed by atoms with Crippen LogP contribution >= 0.6 is 0 Å². The van der Waals surface area contributed by atoms with Gasteiger partial charge >= 0.3 is 0 Å². The van der Waals surface area contributed by atoms with Crippen molar-refractivity contribution in [3.63, 3.8) is 0 Å². The monoisotopic (exact) mass is 230 g/mol. The lowest BCUT2D eigenvalue weighted by atomic mass is 9.92. The van der Waals surface area contributed by atoms with E-state index in [0.717, 1.165) is 24.1 Å². The van der Waals surface area contributed by atoms with Crippen LogP contribution in [0, 0.1) is 5.92 Å². The summed E-state index contributed by atoms with van der Waals surface area (Å²) in [5, 5.41) is 6.87. The maximum atomic E-state index is 4.25. The van der Waals surface area contributed by atoms with Crippen LogP contribution in [-0.4, -0.2) is 30.1 Å². The second-order valence-electron chi connectivity index (χ2n) is 4.70. The molecule has 3 rings (SSSR count). The predicted octanol–water partition coefficient (Wildman–Crippen LogP) is 1.43. The summed E-state index contributed by atoms with van der Waals surface area (Å²) in [4.78, 5) is 7.43. The number of hydrogen-bond donors (Lipinski definition) is 3. The van der Waals surface area contributed by atoms with Crippen molar-refractivity contribution in [2.24, 2.45) is 5.92 Å². The Morgan fingerprint density at radius 1 is 1.47 bits per heavy atom. The highest BCUT2D eigenvalue weighted by Gasteiger charge is 2.24. The minimum Gasteiger partial charge on any atom is -0.345 e. The van der Waals surface area contributed by atoms with Crippen LogP contribution in [0.5, 0.6) is 0 Å². The van der Waals surface area contributed by atoms with Gasteiger partial charge in [-0.1, -0.05) is 6.07 Å². The van der Waals surface area contributed by atoms with E-state index in [9.17, 15) is 0 Å². The highest BCUT2D eigenvalue weighted by Crippen LogP contribution is 2.27. The predicted molar refractivity (Wildman–Crippen MR) is 68.9 cm³/mol. The lowest BCUT2D eigenvalue weighted by Crippen LogP contribution is -2.26. The summed E-state index contributed by atoms with van der Waals surface area (Å²) in [6, 6.07) is 6.91. The zero-order chi connectivity index (χ0) is 11.7. The van der Waals surface area contributed by atoms with E-state index in [1.54, 1.807) is 6.33 Å². The molecule has 0 radical (unpaired) electrons. The number of H-pyrrole nitrogens is 1. The fourth-order valence-corrected chi connectivity index (χ4v) is 2.78. The Balaban J connectivity index is 1.93. The third-order valence-corrected chi connectivity index (χ3v) is 3.68. The standard InChI is InChI=1S/C13H18N4/c1-14-13(10-4-5-15-7-10)9-2-3-11-12(6-9)17-8-16-11/h2-3,6,8,10,13-15H,4-5,7H2,1H3,(H,16,17). The number of benzene rings is 1. The first-order valence-corrected chi connectivity index (χ1v) is 6.19. The molecule has 1 fully saturated rings. The molecule has 0 spiro atoms. The molecule has 0 bridgehead atoms. The topological polar surface area (TPSA) is 52.7 Å². The molecule has 0 aliphatic carbocycles. The van der Waals surface area contributed by atoms with E-state index in [4.69, 9.17) is 0 Å². The Hall–Kier alpha value is -1.39. The smallest absolute Gasteiger partial charge is 0.0931 e. The molecule has 4 heteroatoms. The van der Waals surface area contributed by atoms with Crippen molar-refractivity contribution in [3.05, 3.63) is 30.1 Å². The second-order valence-corrected chi connectivity index (χ2v) is 4.70. The molecule has 2 aromatic rings. The van der Waals surface area contributed by atoms with Gasteiger partial charge in [-0.25, -0.2) is 4.98 Å². The van der Waals surface area contributed by atoms with Crippen LogP contribution in [0.3, 0.4) is 0 Å². The van der Waals surface area contributed by atoms with Crippen molar-refractivity contribution < 1.29 is 0 Å². The first-order chi connectivity index (χ1) is 8.38. The zero-order valence-electron chi connectivity index (χ0n) is 10.0. The number of imidazole rings is 1. The Bertz CT molecular complexity index is 499. The third kappa shape index (κ3) is 1.94. The van der Waals surface area contributed by atoms with Gasteiger partial charge in [-0.15, -0.1) is 0 Å². The number of aromatic amines is 1. The summed E-state index contributed by atoms with van der Waals surface area (Å²) in [6.45, 7) is 2.24. The molecule has 17 heavy (non-hydrogen) atoms. The van der Waals surface area contributed by atoms with Gasteiger partial charge in [0, 0.05) is 6.04 Å². The molecule has 1 aliphatic rings. The number of nitrogens with zero attached hydrogens (tertiary/aromatic N) is 1. The lowest BCUT2D eigenvalue weighted by Gasteiger charge is -2.22. The van der Waals surface area contributed by atoms with Gasteiger partial charge in [0.05, 0.1) is 17.4 Å². The zero-order valence-corrected chi connectivity index (χ0v) is 10.0. The van der Waals surface area contributed by atoms with Crippen LogP contribution in [0.2, 0.25) is 0 Å². The van der Waals surface area contributed by atoms with Crippen LogP contribution in [-0.2, 0) is 0 Å². The van der Waals surface area contributed by atoms with Gasteiger partial charge in [-0.05, 0) is 50.2 Å². The lowest BCUT2D eigenvalue weighted by molar-refractivity contribution is 0.411. The van der Waals surface area contributed by atoms with Crippen LogP contribution in [0.1, 0.15) is 18.0 Å². The molecule has 2 atom stereocenters. The Morgan fingerprint density at radius 2 is 2.41 bits per heavy atom. The average molecular weight is 230 g/mol. The number of hydrogen-bond acceptors (Lipinski definition) is 3. The van der Waals surface area contributed by atoms with E-state index in [-0.39, 0.29) is 0 Å². The fourth-order valence-electron chi connectivity index (χ4n) is 2.78. The molecule has 3 N–H and O–H groups in total. The van der Waals surface area contributed by atoms with E-state index in [1.807, 2.05) is 7.05 Å². The molecule has 1 aromatic carbocycles. The summed E-state index contributed by atoms with van der Waals surface area (Å²) in [6.07, 6.45) is 2.99. The highest BCUT2D eigenvalue weighted by molar-refractivity contribution is 5.75. The molecule has 0 saturated carbocycles. The summed E-state index contributed by atoms with van der Waals surface area (Å²) in [7, 11) is 2.04. The van der Waals surface area contributed by atoms with E-state index in [1.165, 1.54) is 12.0 Å². The minimum absolute atomic E-state index is 0.428. The first-order valence-electron chi connectivity index (χ1n) is 6.19. The van der Waals surface area contributed by atoms with Crippen molar-refractivity contribution in [3.8, 4) is 0 Å². The van der Waals surface area contributed by atoms with E-state index in [0.29, 0.717) is 12.0 Å².